The molecule has 0 rings (SSSR count). The van der Waals surface area contributed by atoms with Gasteiger partial charge in [-0.3, -0.25) is 0 Å². The summed E-state index contributed by atoms with van der Waals surface area (Å²) >= 11 is 0. The van der Waals surface area contributed by atoms with Crippen molar-refractivity contribution in [2.75, 3.05) is 13.2 Å². The minimum Gasteiger partial charge on any atom is -0.397 e. The molecule has 0 unspecified atom stereocenters. The maximum absolute atomic E-state index is 5.65. The summed E-state index contributed by atoms with van der Waals surface area (Å²) in [7, 11) is -1.44. The van der Waals surface area contributed by atoms with Crippen molar-refractivity contribution in [2.24, 2.45) is 0 Å². The van der Waals surface area contributed by atoms with Crippen LogP contribution in [0, 0.1) is 0 Å². The molecule has 0 heterocycles. The van der Waals surface area contributed by atoms with Gasteiger partial charge in [0.15, 0.2) is 0 Å². The zero-order chi connectivity index (χ0) is 9.61. The van der Waals surface area contributed by atoms with Crippen molar-refractivity contribution in [3.05, 3.63) is 0 Å². The molecular formula is C9H22O2Si. The molecule has 0 saturated carbocycles. The van der Waals surface area contributed by atoms with Gasteiger partial charge in [-0.15, -0.1) is 0 Å². The Hall–Kier alpha value is 0.137. The van der Waals surface area contributed by atoms with Gasteiger partial charge in [-0.2, -0.15) is 0 Å². The van der Waals surface area contributed by atoms with E-state index in [2.05, 4.69) is 20.8 Å². The zero-order valence-electron chi connectivity index (χ0n) is 9.02. The second-order valence-electron chi connectivity index (χ2n) is 3.58. The van der Waals surface area contributed by atoms with Gasteiger partial charge in [0.05, 0.1) is 0 Å². The largest absolute Gasteiger partial charge is 0.397 e. The van der Waals surface area contributed by atoms with Gasteiger partial charge in [0.25, 0.3) is 0 Å². The van der Waals surface area contributed by atoms with Crippen molar-refractivity contribution in [3.8, 4) is 0 Å². The van der Waals surface area contributed by atoms with E-state index in [4.69, 9.17) is 8.85 Å². The second-order valence-corrected chi connectivity index (χ2v) is 6.48. The van der Waals surface area contributed by atoms with Crippen molar-refractivity contribution >= 4 is 9.28 Å². The van der Waals surface area contributed by atoms with Gasteiger partial charge in [-0.1, -0.05) is 20.8 Å². The van der Waals surface area contributed by atoms with E-state index in [9.17, 15) is 0 Å². The fourth-order valence-corrected chi connectivity index (χ4v) is 2.91. The van der Waals surface area contributed by atoms with Gasteiger partial charge in [0.1, 0.15) is 0 Å². The van der Waals surface area contributed by atoms with Gasteiger partial charge >= 0.3 is 9.28 Å². The third-order valence-corrected chi connectivity index (χ3v) is 5.14. The highest BCUT2D eigenvalue weighted by Gasteiger charge is 2.31. The molecule has 0 fully saturated rings. The molecule has 2 nitrogen and oxygen atoms in total. The molecule has 74 valence electrons. The first-order valence-electron chi connectivity index (χ1n) is 4.81. The predicted octanol–water partition coefficient (Wildman–Crippen LogP) is 2.47. The Morgan fingerprint density at radius 2 is 1.42 bits per heavy atom. The molecule has 0 aromatic rings. The highest BCUT2D eigenvalue weighted by Crippen LogP contribution is 2.33. The average Bonchev–Trinajstić information content (AvgIpc) is 2.04. The SMILES string of the molecule is CCO[SiH](OCC)C(C)(C)CC. The molecule has 0 bridgehead atoms. The smallest absolute Gasteiger partial charge is 0.327 e. The van der Waals surface area contributed by atoms with E-state index in [1.54, 1.807) is 0 Å². The molecule has 0 aliphatic rings. The number of hydrogen-bond donors (Lipinski definition) is 0. The minimum atomic E-state index is -1.44. The summed E-state index contributed by atoms with van der Waals surface area (Å²) in [4.78, 5) is 0. The molecule has 12 heavy (non-hydrogen) atoms. The van der Waals surface area contributed by atoms with Gasteiger partial charge in [0.2, 0.25) is 0 Å². The molecule has 0 aliphatic carbocycles. The van der Waals surface area contributed by atoms with E-state index >= 15 is 0 Å². The van der Waals surface area contributed by atoms with E-state index in [-0.39, 0.29) is 5.04 Å². The van der Waals surface area contributed by atoms with Gasteiger partial charge < -0.3 is 8.85 Å². The molecule has 0 aliphatic heterocycles. The normalized spacial score (nSPS) is 12.5. The molecule has 0 N–H and O–H groups in total. The highest BCUT2D eigenvalue weighted by atomic mass is 28.3. The van der Waals surface area contributed by atoms with Crippen LogP contribution in [0.25, 0.3) is 0 Å². The minimum absolute atomic E-state index is 0.256. The lowest BCUT2D eigenvalue weighted by Crippen LogP contribution is -2.34. The van der Waals surface area contributed by atoms with Crippen LogP contribution < -0.4 is 0 Å². The molecule has 0 radical (unpaired) electrons. The van der Waals surface area contributed by atoms with E-state index in [1.807, 2.05) is 13.8 Å². The van der Waals surface area contributed by atoms with Crippen LogP contribution in [0.1, 0.15) is 41.0 Å². The molecule has 3 heteroatoms. The molecule has 0 aromatic heterocycles. The van der Waals surface area contributed by atoms with Crippen molar-refractivity contribution in [1.82, 2.24) is 0 Å². The molecule has 0 aromatic carbocycles. The Morgan fingerprint density at radius 3 is 1.67 bits per heavy atom. The first kappa shape index (κ1) is 12.1. The monoisotopic (exact) mass is 190 g/mol. The van der Waals surface area contributed by atoms with Crippen LogP contribution in [-0.2, 0) is 8.85 Å². The number of rotatable bonds is 6. The quantitative estimate of drug-likeness (QED) is 0.599. The molecular weight excluding hydrogens is 168 g/mol. The van der Waals surface area contributed by atoms with Crippen molar-refractivity contribution in [1.29, 1.82) is 0 Å². The van der Waals surface area contributed by atoms with Crippen molar-refractivity contribution in [2.45, 2.75) is 46.1 Å². The lowest BCUT2D eigenvalue weighted by molar-refractivity contribution is 0.189. The summed E-state index contributed by atoms with van der Waals surface area (Å²) in [5.41, 5.74) is 0. The second kappa shape index (κ2) is 5.73. The summed E-state index contributed by atoms with van der Waals surface area (Å²) < 4.78 is 11.3. The fourth-order valence-electron chi connectivity index (χ4n) is 0.969. The standard InChI is InChI=1S/C9H22O2Si/c1-6-9(4,5)12(10-7-2)11-8-3/h12H,6-8H2,1-5H3. The Balaban J connectivity index is 4.07. The summed E-state index contributed by atoms with van der Waals surface area (Å²) in [5, 5.41) is 0.256. The van der Waals surface area contributed by atoms with Crippen LogP contribution in [0.5, 0.6) is 0 Å². The molecule has 0 saturated heterocycles. The molecule has 0 spiro atoms. The first-order chi connectivity index (χ1) is 5.58. The molecule has 0 atom stereocenters. The average molecular weight is 190 g/mol. The fraction of sp³-hybridized carbons (Fsp3) is 1.00. The van der Waals surface area contributed by atoms with Crippen molar-refractivity contribution in [3.63, 3.8) is 0 Å². The highest BCUT2D eigenvalue weighted by molar-refractivity contribution is 6.48. The Bertz CT molecular complexity index is 109. The van der Waals surface area contributed by atoms with E-state index in [0.29, 0.717) is 0 Å². The summed E-state index contributed by atoms with van der Waals surface area (Å²) in [6.07, 6.45) is 1.13. The van der Waals surface area contributed by atoms with E-state index in [0.717, 1.165) is 19.6 Å². The van der Waals surface area contributed by atoms with E-state index in [1.165, 1.54) is 0 Å². The first-order valence-corrected chi connectivity index (χ1v) is 6.33. The lowest BCUT2D eigenvalue weighted by Gasteiger charge is -2.30. The molecule has 0 amide bonds. The van der Waals surface area contributed by atoms with E-state index < -0.39 is 9.28 Å². The van der Waals surface area contributed by atoms with Gasteiger partial charge in [-0.05, 0) is 20.3 Å². The van der Waals surface area contributed by atoms with Crippen LogP contribution in [-0.4, -0.2) is 22.5 Å². The topological polar surface area (TPSA) is 18.5 Å². The number of hydrogen-bond acceptors (Lipinski definition) is 2. The van der Waals surface area contributed by atoms with Crippen LogP contribution in [0.3, 0.4) is 0 Å². The summed E-state index contributed by atoms with van der Waals surface area (Å²) in [5.74, 6) is 0. The van der Waals surface area contributed by atoms with Crippen molar-refractivity contribution < 1.29 is 8.85 Å². The maximum Gasteiger partial charge on any atom is 0.327 e. The lowest BCUT2D eigenvalue weighted by atomic mass is 10.1. The summed E-state index contributed by atoms with van der Waals surface area (Å²) in [6, 6.07) is 0. The van der Waals surface area contributed by atoms with Crippen LogP contribution in [0.15, 0.2) is 0 Å². The Labute approximate surface area is 78.1 Å². The predicted molar refractivity (Wildman–Crippen MR) is 54.7 cm³/mol. The zero-order valence-corrected chi connectivity index (χ0v) is 10.2. The van der Waals surface area contributed by atoms with Crippen LogP contribution >= 0.6 is 0 Å². The summed E-state index contributed by atoms with van der Waals surface area (Å²) in [6.45, 7) is 12.3. The maximum atomic E-state index is 5.65. The Kier molecular flexibility index (Phi) is 5.79. The third-order valence-electron chi connectivity index (χ3n) is 2.19. The Morgan fingerprint density at radius 1 is 1.00 bits per heavy atom. The van der Waals surface area contributed by atoms with Gasteiger partial charge in [-0.25, -0.2) is 0 Å². The van der Waals surface area contributed by atoms with Crippen LogP contribution in [0.2, 0.25) is 5.04 Å². The third kappa shape index (κ3) is 3.69. The van der Waals surface area contributed by atoms with Crippen LogP contribution in [0.4, 0.5) is 0 Å². The van der Waals surface area contributed by atoms with Gasteiger partial charge in [0, 0.05) is 18.3 Å².